The van der Waals surface area contributed by atoms with E-state index in [0.717, 1.165) is 36.6 Å². The van der Waals surface area contributed by atoms with E-state index < -0.39 is 0 Å². The van der Waals surface area contributed by atoms with E-state index in [1.165, 1.54) is 25.7 Å². The number of unbranched alkanes of at least 4 members (excludes halogenated alkanes) is 1. The normalized spacial score (nSPS) is 16.6. The molecule has 1 saturated carbocycles. The van der Waals surface area contributed by atoms with Gasteiger partial charge in [0.2, 0.25) is 0 Å². The molecule has 0 bridgehead atoms. The second-order valence-corrected chi connectivity index (χ2v) is 6.86. The van der Waals surface area contributed by atoms with Gasteiger partial charge in [-0.2, -0.15) is 5.10 Å². The summed E-state index contributed by atoms with van der Waals surface area (Å²) in [5.41, 5.74) is 7.57. The number of hydrogen-bond donors (Lipinski definition) is 2. The van der Waals surface area contributed by atoms with Gasteiger partial charge in [0.15, 0.2) is 5.82 Å². The molecule has 0 aliphatic heterocycles. The van der Waals surface area contributed by atoms with Crippen LogP contribution in [-0.4, -0.2) is 19.9 Å². The Kier molecular flexibility index (Phi) is 5.51. The van der Waals surface area contributed by atoms with Crippen molar-refractivity contribution in [2.45, 2.75) is 70.4 Å². The van der Waals surface area contributed by atoms with Crippen LogP contribution in [-0.2, 0) is 13.0 Å². The van der Waals surface area contributed by atoms with Crippen molar-refractivity contribution >= 4 is 0 Å². The zero-order valence-electron chi connectivity index (χ0n) is 14.5. The molecule has 0 radical (unpaired) electrons. The standard InChI is InChI=1S/C19H28N4O/c1-2-3-12-23-19(21-18(22-23)15-6-4-5-7-15)17(20)13-14-8-10-16(24)11-9-14/h8-11,15,17,24H,2-7,12-13,20H2,1H3/t17-/m0/s1. The van der Waals surface area contributed by atoms with E-state index in [0.29, 0.717) is 12.3 Å². The van der Waals surface area contributed by atoms with E-state index in [9.17, 15) is 5.11 Å². The fraction of sp³-hybridized carbons (Fsp3) is 0.579. The summed E-state index contributed by atoms with van der Waals surface area (Å²) in [6, 6.07) is 7.07. The fourth-order valence-corrected chi connectivity index (χ4v) is 3.45. The van der Waals surface area contributed by atoms with Crippen molar-refractivity contribution in [3.63, 3.8) is 0 Å². The summed E-state index contributed by atoms with van der Waals surface area (Å²) in [6.07, 6.45) is 7.88. The topological polar surface area (TPSA) is 77.0 Å². The summed E-state index contributed by atoms with van der Waals surface area (Å²) >= 11 is 0. The van der Waals surface area contributed by atoms with Gasteiger partial charge in [0.25, 0.3) is 0 Å². The van der Waals surface area contributed by atoms with E-state index in [4.69, 9.17) is 15.8 Å². The first-order chi connectivity index (χ1) is 11.7. The molecule has 1 aliphatic rings. The van der Waals surface area contributed by atoms with E-state index in [1.54, 1.807) is 12.1 Å². The molecule has 5 heteroatoms. The zero-order chi connectivity index (χ0) is 16.9. The van der Waals surface area contributed by atoms with Gasteiger partial charge in [0.05, 0.1) is 6.04 Å². The summed E-state index contributed by atoms with van der Waals surface area (Å²) < 4.78 is 2.03. The van der Waals surface area contributed by atoms with Gasteiger partial charge in [-0.15, -0.1) is 0 Å². The van der Waals surface area contributed by atoms with Crippen molar-refractivity contribution in [2.24, 2.45) is 5.73 Å². The number of phenols is 1. The number of nitrogens with two attached hydrogens (primary N) is 1. The molecule has 3 rings (SSSR count). The minimum Gasteiger partial charge on any atom is -0.508 e. The fourth-order valence-electron chi connectivity index (χ4n) is 3.45. The smallest absolute Gasteiger partial charge is 0.154 e. The van der Waals surface area contributed by atoms with Crippen LogP contribution in [0.15, 0.2) is 24.3 Å². The molecule has 2 aromatic rings. The monoisotopic (exact) mass is 328 g/mol. The van der Waals surface area contributed by atoms with E-state index in [1.807, 2.05) is 16.8 Å². The predicted molar refractivity (Wildman–Crippen MR) is 94.9 cm³/mol. The summed E-state index contributed by atoms with van der Waals surface area (Å²) in [5.74, 6) is 2.67. The molecule has 1 fully saturated rings. The summed E-state index contributed by atoms with van der Waals surface area (Å²) in [6.45, 7) is 3.07. The highest BCUT2D eigenvalue weighted by molar-refractivity contribution is 5.27. The number of aromatic nitrogens is 3. The van der Waals surface area contributed by atoms with Crippen molar-refractivity contribution in [3.05, 3.63) is 41.5 Å². The average molecular weight is 328 g/mol. The van der Waals surface area contributed by atoms with Gasteiger partial charge in [-0.3, -0.25) is 0 Å². The van der Waals surface area contributed by atoms with Crippen molar-refractivity contribution in [2.75, 3.05) is 0 Å². The summed E-state index contributed by atoms with van der Waals surface area (Å²) in [4.78, 5) is 4.84. The minimum atomic E-state index is -0.172. The number of phenolic OH excluding ortho intramolecular Hbond substituents is 1. The molecule has 0 spiro atoms. The summed E-state index contributed by atoms with van der Waals surface area (Å²) in [7, 11) is 0. The Bertz CT molecular complexity index is 644. The van der Waals surface area contributed by atoms with Crippen molar-refractivity contribution in [1.29, 1.82) is 0 Å². The van der Waals surface area contributed by atoms with Crippen LogP contribution in [0.2, 0.25) is 0 Å². The first-order valence-corrected chi connectivity index (χ1v) is 9.15. The second kappa shape index (κ2) is 7.79. The molecule has 3 N–H and O–H groups in total. The maximum atomic E-state index is 9.42. The summed E-state index contributed by atoms with van der Waals surface area (Å²) in [5, 5.41) is 14.2. The Morgan fingerprint density at radius 3 is 2.62 bits per heavy atom. The van der Waals surface area contributed by atoms with E-state index in [2.05, 4.69) is 6.92 Å². The maximum Gasteiger partial charge on any atom is 0.154 e. The van der Waals surface area contributed by atoms with Gasteiger partial charge in [-0.25, -0.2) is 9.67 Å². The molecule has 0 amide bonds. The van der Waals surface area contributed by atoms with E-state index in [-0.39, 0.29) is 11.8 Å². The SMILES string of the molecule is CCCCn1nc(C2CCCC2)nc1[C@@H](N)Cc1ccc(O)cc1. The van der Waals surface area contributed by atoms with Crippen molar-refractivity contribution in [1.82, 2.24) is 14.8 Å². The van der Waals surface area contributed by atoms with Crippen LogP contribution >= 0.6 is 0 Å². The van der Waals surface area contributed by atoms with Crippen LogP contribution in [0.3, 0.4) is 0 Å². The second-order valence-electron chi connectivity index (χ2n) is 6.86. The van der Waals surface area contributed by atoms with Gasteiger partial charge in [-0.05, 0) is 43.4 Å². The first-order valence-electron chi connectivity index (χ1n) is 9.15. The highest BCUT2D eigenvalue weighted by atomic mass is 16.3. The maximum absolute atomic E-state index is 9.42. The Morgan fingerprint density at radius 2 is 1.96 bits per heavy atom. The molecule has 1 atom stereocenters. The largest absolute Gasteiger partial charge is 0.508 e. The van der Waals surface area contributed by atoms with Crippen molar-refractivity contribution < 1.29 is 5.11 Å². The molecule has 24 heavy (non-hydrogen) atoms. The van der Waals surface area contributed by atoms with Crippen molar-refractivity contribution in [3.8, 4) is 5.75 Å². The highest BCUT2D eigenvalue weighted by Gasteiger charge is 2.24. The number of hydrogen-bond acceptors (Lipinski definition) is 4. The quantitative estimate of drug-likeness (QED) is 0.813. The number of aromatic hydroxyl groups is 1. The lowest BCUT2D eigenvalue weighted by atomic mass is 10.1. The molecular weight excluding hydrogens is 300 g/mol. The lowest BCUT2D eigenvalue weighted by Gasteiger charge is -2.12. The Balaban J connectivity index is 1.79. The Hall–Kier alpha value is -1.88. The lowest BCUT2D eigenvalue weighted by molar-refractivity contribution is 0.474. The molecule has 1 aromatic carbocycles. The number of aryl methyl sites for hydroxylation is 1. The molecule has 1 aromatic heterocycles. The molecular formula is C19H28N4O. The van der Waals surface area contributed by atoms with Gasteiger partial charge >= 0.3 is 0 Å². The van der Waals surface area contributed by atoms with Crippen LogP contribution < -0.4 is 5.73 Å². The lowest BCUT2D eigenvalue weighted by Crippen LogP contribution is -2.19. The third-order valence-corrected chi connectivity index (χ3v) is 4.88. The van der Waals surface area contributed by atoms with Gasteiger partial charge in [0, 0.05) is 12.5 Å². The molecule has 1 heterocycles. The van der Waals surface area contributed by atoms with Gasteiger partial charge in [0.1, 0.15) is 11.6 Å². The van der Waals surface area contributed by atoms with Crippen LogP contribution in [0.4, 0.5) is 0 Å². The van der Waals surface area contributed by atoms with Gasteiger partial charge < -0.3 is 10.8 Å². The van der Waals surface area contributed by atoms with Gasteiger partial charge in [-0.1, -0.05) is 38.3 Å². The number of rotatable bonds is 7. The van der Waals surface area contributed by atoms with Crippen LogP contribution in [0.25, 0.3) is 0 Å². The van der Waals surface area contributed by atoms with E-state index >= 15 is 0 Å². The number of benzene rings is 1. The number of nitrogens with zero attached hydrogens (tertiary/aromatic N) is 3. The zero-order valence-corrected chi connectivity index (χ0v) is 14.5. The molecule has 0 saturated heterocycles. The highest BCUT2D eigenvalue weighted by Crippen LogP contribution is 2.33. The Labute approximate surface area is 143 Å². The van der Waals surface area contributed by atoms with Crippen LogP contribution in [0.1, 0.15) is 74.6 Å². The molecule has 0 unspecified atom stereocenters. The predicted octanol–water partition coefficient (Wildman–Crippen LogP) is 3.68. The third kappa shape index (κ3) is 3.96. The molecule has 1 aliphatic carbocycles. The molecule has 5 nitrogen and oxygen atoms in total. The van der Waals surface area contributed by atoms with Crippen LogP contribution in [0, 0.1) is 0 Å². The average Bonchev–Trinajstić information content (AvgIpc) is 3.24. The third-order valence-electron chi connectivity index (χ3n) is 4.88. The molecule has 130 valence electrons. The Morgan fingerprint density at radius 1 is 1.25 bits per heavy atom. The first kappa shape index (κ1) is 17.0. The van der Waals surface area contributed by atoms with Crippen LogP contribution in [0.5, 0.6) is 5.75 Å². The minimum absolute atomic E-state index is 0.172.